The van der Waals surface area contributed by atoms with Gasteiger partial charge in [-0.15, -0.1) is 0 Å². The van der Waals surface area contributed by atoms with Gasteiger partial charge in [0.1, 0.15) is 36.6 Å². The van der Waals surface area contributed by atoms with E-state index in [2.05, 4.69) is 30.9 Å². The summed E-state index contributed by atoms with van der Waals surface area (Å²) in [6, 6.07) is 0.423. The van der Waals surface area contributed by atoms with Gasteiger partial charge in [0, 0.05) is 29.8 Å². The second kappa shape index (κ2) is 38.8. The molecule has 1 fully saturated rings. The third-order valence-corrected chi connectivity index (χ3v) is 16.8. The number of ether oxygens (including phenoxy) is 2. The maximum atomic E-state index is 13.7. The topological polar surface area (TPSA) is 169 Å². The van der Waals surface area contributed by atoms with Crippen LogP contribution in [-0.4, -0.2) is 117 Å². The molecule has 0 aromatic heterocycles. The Balaban J connectivity index is 2.34. The van der Waals surface area contributed by atoms with Crippen LogP contribution in [0, 0.1) is 0 Å². The summed E-state index contributed by atoms with van der Waals surface area (Å²) in [6.07, 6.45) is 33.9. The Morgan fingerprint density at radius 1 is 0.571 bits per heavy atom. The molecular formula is C51H105NO9SSi. The largest absolute Gasteiger partial charge is 0.394 e. The Morgan fingerprint density at radius 3 is 1.35 bits per heavy atom. The Hall–Kier alpha value is -0.153. The van der Waals surface area contributed by atoms with E-state index in [0.717, 1.165) is 44.9 Å². The molecule has 12 heteroatoms. The van der Waals surface area contributed by atoms with Crippen LogP contribution in [0.4, 0.5) is 0 Å². The number of aliphatic hydroxyl groups excluding tert-OH is 6. The molecule has 1 aliphatic heterocycles. The predicted molar refractivity (Wildman–Crippen MR) is 268 cm³/mol. The van der Waals surface area contributed by atoms with Crippen molar-refractivity contribution in [2.45, 2.75) is 300 Å². The number of aliphatic hydroxyl groups is 6. The van der Waals surface area contributed by atoms with E-state index in [1.165, 1.54) is 173 Å². The lowest BCUT2D eigenvalue weighted by Gasteiger charge is -2.40. The van der Waals surface area contributed by atoms with E-state index in [9.17, 15) is 34.8 Å². The lowest BCUT2D eigenvalue weighted by molar-refractivity contribution is -0.302. The van der Waals surface area contributed by atoms with Gasteiger partial charge >= 0.3 is 0 Å². The molecule has 378 valence electrons. The third-order valence-electron chi connectivity index (χ3n) is 13.2. The average molecular weight is 937 g/mol. The first kappa shape index (κ1) is 60.9. The fourth-order valence-corrected chi connectivity index (χ4v) is 11.8. The number of unbranched alkanes of at least 4 members (excludes halogenated alkanes) is 31. The SMILES string of the molecule is CCCCCCCCCCCCCC[C@@H](O)[C@@H](O)[C@H](COC1OC(CO)C(O)C(O)C1O)N=S(C)(=O)CCCCCCCCCCCCCCCCCCCCCCC[Si](C)(C)C. The number of rotatable bonds is 44. The van der Waals surface area contributed by atoms with Crippen molar-refractivity contribution in [2.24, 2.45) is 4.36 Å². The third kappa shape index (κ3) is 33.1. The van der Waals surface area contributed by atoms with Crippen LogP contribution in [0.2, 0.25) is 25.7 Å². The maximum absolute atomic E-state index is 13.7. The van der Waals surface area contributed by atoms with Crippen molar-refractivity contribution in [2.75, 3.05) is 25.2 Å². The second-order valence-electron chi connectivity index (χ2n) is 20.8. The normalized spacial score (nSPS) is 21.9. The van der Waals surface area contributed by atoms with Crippen molar-refractivity contribution in [1.82, 2.24) is 0 Å². The summed E-state index contributed by atoms with van der Waals surface area (Å²) < 4.78 is 29.5. The Morgan fingerprint density at radius 2 is 0.952 bits per heavy atom. The molecule has 0 aromatic carbocycles. The fourth-order valence-electron chi connectivity index (χ4n) is 8.93. The molecule has 0 spiro atoms. The Labute approximate surface area is 390 Å². The van der Waals surface area contributed by atoms with Crippen LogP contribution in [0.25, 0.3) is 0 Å². The van der Waals surface area contributed by atoms with Crippen molar-refractivity contribution < 1.29 is 44.3 Å². The van der Waals surface area contributed by atoms with Crippen LogP contribution in [0.3, 0.4) is 0 Å². The van der Waals surface area contributed by atoms with E-state index in [0.29, 0.717) is 12.2 Å². The summed E-state index contributed by atoms with van der Waals surface area (Å²) in [5, 5.41) is 62.8. The van der Waals surface area contributed by atoms with E-state index in [1.54, 1.807) is 6.26 Å². The minimum Gasteiger partial charge on any atom is -0.394 e. The van der Waals surface area contributed by atoms with E-state index in [4.69, 9.17) is 9.47 Å². The van der Waals surface area contributed by atoms with Crippen molar-refractivity contribution >= 4 is 17.8 Å². The highest BCUT2D eigenvalue weighted by molar-refractivity contribution is 7.92. The predicted octanol–water partition coefficient (Wildman–Crippen LogP) is 11.6. The minimum atomic E-state index is -2.75. The van der Waals surface area contributed by atoms with Crippen LogP contribution in [0.5, 0.6) is 0 Å². The molecule has 0 aromatic rings. The van der Waals surface area contributed by atoms with Gasteiger partial charge in [0.15, 0.2) is 6.29 Å². The van der Waals surface area contributed by atoms with Crippen molar-refractivity contribution in [1.29, 1.82) is 0 Å². The zero-order valence-corrected chi connectivity index (χ0v) is 43.6. The molecule has 1 heterocycles. The fraction of sp³-hybridized carbons (Fsp3) is 1.00. The quantitative estimate of drug-likeness (QED) is 0.0257. The first-order valence-electron chi connectivity index (χ1n) is 26.7. The van der Waals surface area contributed by atoms with E-state index in [-0.39, 0.29) is 6.61 Å². The molecule has 63 heavy (non-hydrogen) atoms. The van der Waals surface area contributed by atoms with Crippen molar-refractivity contribution in [3.8, 4) is 0 Å². The van der Waals surface area contributed by atoms with E-state index >= 15 is 0 Å². The first-order chi connectivity index (χ1) is 30.2. The van der Waals surface area contributed by atoms with Crippen molar-refractivity contribution in [3.05, 3.63) is 0 Å². The minimum absolute atomic E-state index is 0.330. The van der Waals surface area contributed by atoms with Gasteiger partial charge in [-0.25, -0.2) is 4.36 Å². The van der Waals surface area contributed by atoms with Gasteiger partial charge in [0.05, 0.1) is 19.3 Å². The van der Waals surface area contributed by atoms with Gasteiger partial charge in [0.2, 0.25) is 0 Å². The molecule has 0 radical (unpaired) electrons. The molecule has 0 amide bonds. The van der Waals surface area contributed by atoms with Gasteiger partial charge in [-0.3, -0.25) is 4.21 Å². The Kier molecular flexibility index (Phi) is 37.5. The molecule has 9 atom stereocenters. The van der Waals surface area contributed by atoms with Gasteiger partial charge in [0.25, 0.3) is 0 Å². The summed E-state index contributed by atoms with van der Waals surface area (Å²) in [4.78, 5) is 0. The maximum Gasteiger partial charge on any atom is 0.186 e. The standard InChI is InChI=1S/C51H105NO9SSi/c1-6-7-8-9-10-11-12-24-27-30-33-36-39-45(54)47(55)44(43-60-51-50(58)49(57)48(56)46(42-53)61-51)52-62(2,59)40-37-34-31-28-25-22-20-18-16-14-13-15-17-19-21-23-26-29-32-35-38-41-63(3,4)5/h44-51,53-58H,6-43H2,1-5H3/t44-,45+,46?,47-,48?,49?,50?,51?,62?/m0/s1. The molecule has 0 saturated carbocycles. The van der Waals surface area contributed by atoms with Crippen LogP contribution in [-0.2, 0) is 19.2 Å². The summed E-state index contributed by atoms with van der Waals surface area (Å²) in [6.45, 7) is 8.77. The second-order valence-corrected chi connectivity index (χ2v) is 29.0. The van der Waals surface area contributed by atoms with Gasteiger partial charge < -0.3 is 40.1 Å². The Bertz CT molecular complexity index is 1150. The number of nitrogens with zero attached hydrogens (tertiary/aromatic N) is 1. The van der Waals surface area contributed by atoms with Crippen LogP contribution >= 0.6 is 0 Å². The van der Waals surface area contributed by atoms with Gasteiger partial charge in [-0.05, 0) is 12.8 Å². The number of hydrogen-bond acceptors (Lipinski definition) is 10. The highest BCUT2D eigenvalue weighted by atomic mass is 32.2. The summed E-state index contributed by atoms with van der Waals surface area (Å²) >= 11 is 0. The lowest BCUT2D eigenvalue weighted by Crippen LogP contribution is -2.59. The molecule has 1 rings (SSSR count). The highest BCUT2D eigenvalue weighted by Crippen LogP contribution is 2.24. The summed E-state index contributed by atoms with van der Waals surface area (Å²) in [7, 11) is -3.59. The average Bonchev–Trinajstić information content (AvgIpc) is 3.24. The molecule has 1 saturated heterocycles. The van der Waals surface area contributed by atoms with Crippen LogP contribution in [0.15, 0.2) is 4.36 Å². The molecule has 0 aliphatic carbocycles. The smallest absolute Gasteiger partial charge is 0.186 e. The zero-order chi connectivity index (χ0) is 46.6. The zero-order valence-electron chi connectivity index (χ0n) is 41.8. The van der Waals surface area contributed by atoms with Crippen molar-refractivity contribution in [3.63, 3.8) is 0 Å². The molecule has 10 nitrogen and oxygen atoms in total. The molecular weight excluding hydrogens is 831 g/mol. The van der Waals surface area contributed by atoms with Gasteiger partial charge in [-0.1, -0.05) is 238 Å². The van der Waals surface area contributed by atoms with Crippen LogP contribution < -0.4 is 0 Å². The highest BCUT2D eigenvalue weighted by Gasteiger charge is 2.44. The summed E-state index contributed by atoms with van der Waals surface area (Å²) in [5.41, 5.74) is 0. The lowest BCUT2D eigenvalue weighted by atomic mass is 9.99. The monoisotopic (exact) mass is 936 g/mol. The van der Waals surface area contributed by atoms with E-state index in [1.807, 2.05) is 0 Å². The molecule has 6 N–H and O–H groups in total. The van der Waals surface area contributed by atoms with Crippen LogP contribution in [0.1, 0.15) is 225 Å². The number of hydrogen-bond donors (Lipinski definition) is 6. The molecule has 1 aliphatic rings. The van der Waals surface area contributed by atoms with E-state index < -0.39 is 73.4 Å². The summed E-state index contributed by atoms with van der Waals surface area (Å²) in [5.74, 6) is 0.365. The van der Waals surface area contributed by atoms with Gasteiger partial charge in [-0.2, -0.15) is 0 Å². The molecule has 6 unspecified atom stereocenters. The molecule has 0 bridgehead atoms. The first-order valence-corrected chi connectivity index (χ1v) is 32.5.